The lowest BCUT2D eigenvalue weighted by Gasteiger charge is -2.30. The Balaban J connectivity index is 1.18. The number of carbonyl (C=O) groups is 1. The van der Waals surface area contributed by atoms with Gasteiger partial charge in [-0.1, -0.05) is 18.2 Å². The monoisotopic (exact) mass is 415 g/mol. The van der Waals surface area contributed by atoms with Crippen molar-refractivity contribution >= 4 is 5.91 Å². The zero-order chi connectivity index (χ0) is 21.0. The van der Waals surface area contributed by atoms with Crippen LogP contribution in [0.25, 0.3) is 11.7 Å². The molecule has 0 N–H and O–H groups in total. The average molecular weight is 415 g/mol. The second-order valence-corrected chi connectivity index (χ2v) is 7.43. The van der Waals surface area contributed by atoms with Crippen LogP contribution < -0.4 is 4.74 Å². The summed E-state index contributed by atoms with van der Waals surface area (Å²) in [6, 6.07) is 20.4. The first-order valence-electron chi connectivity index (χ1n) is 10.3. The van der Waals surface area contributed by atoms with E-state index in [-0.39, 0.29) is 11.8 Å². The molecule has 0 bridgehead atoms. The van der Waals surface area contributed by atoms with Gasteiger partial charge in [-0.15, -0.1) is 10.2 Å². The predicted octanol–water partition coefficient (Wildman–Crippen LogP) is 5.14. The summed E-state index contributed by atoms with van der Waals surface area (Å²) >= 11 is 0. The van der Waals surface area contributed by atoms with Gasteiger partial charge in [-0.25, -0.2) is 0 Å². The van der Waals surface area contributed by atoms with E-state index >= 15 is 0 Å². The van der Waals surface area contributed by atoms with Crippen molar-refractivity contribution in [3.63, 3.8) is 0 Å². The van der Waals surface area contributed by atoms with Gasteiger partial charge in [-0.3, -0.25) is 4.79 Å². The summed E-state index contributed by atoms with van der Waals surface area (Å²) in [4.78, 5) is 14.8. The van der Waals surface area contributed by atoms with Crippen LogP contribution in [0.15, 0.2) is 81.8 Å². The first kappa shape index (κ1) is 19.1. The molecule has 1 amide bonds. The highest BCUT2D eigenvalue weighted by atomic mass is 16.5. The lowest BCUT2D eigenvalue weighted by atomic mass is 9.96. The Labute approximate surface area is 179 Å². The van der Waals surface area contributed by atoms with Gasteiger partial charge in [0.25, 0.3) is 11.8 Å². The summed E-state index contributed by atoms with van der Waals surface area (Å²) in [5.74, 6) is 3.17. The maximum Gasteiger partial charge on any atom is 0.283 e. The number of likely N-dealkylation sites (tertiary alicyclic amines) is 1. The highest BCUT2D eigenvalue weighted by Gasteiger charge is 2.28. The molecule has 2 aromatic carbocycles. The molecule has 0 radical (unpaired) electrons. The van der Waals surface area contributed by atoms with E-state index in [1.165, 1.54) is 0 Å². The van der Waals surface area contributed by atoms with E-state index in [4.69, 9.17) is 13.6 Å². The normalized spacial score (nSPS) is 14.5. The van der Waals surface area contributed by atoms with Gasteiger partial charge in [-0.2, -0.15) is 0 Å². The molecule has 0 spiro atoms. The first-order valence-corrected chi connectivity index (χ1v) is 10.3. The minimum Gasteiger partial charge on any atom is -0.459 e. The van der Waals surface area contributed by atoms with Crippen LogP contribution in [-0.4, -0.2) is 34.1 Å². The number of hydrogen-bond acceptors (Lipinski definition) is 6. The quantitative estimate of drug-likeness (QED) is 0.449. The van der Waals surface area contributed by atoms with Gasteiger partial charge < -0.3 is 18.5 Å². The SMILES string of the molecule is O=C(c1ccc(Oc2ccccc2)cc1)N1CCC(c2nnc(-c3ccco3)o2)CC1. The molecule has 3 heterocycles. The number of hydrogen-bond donors (Lipinski definition) is 0. The molecule has 156 valence electrons. The van der Waals surface area contributed by atoms with Gasteiger partial charge in [0.1, 0.15) is 11.5 Å². The minimum atomic E-state index is 0.0199. The molecule has 0 saturated carbocycles. The van der Waals surface area contributed by atoms with Crippen molar-refractivity contribution in [3.8, 4) is 23.1 Å². The Bertz CT molecular complexity index is 1130. The van der Waals surface area contributed by atoms with Crippen molar-refractivity contribution in [2.45, 2.75) is 18.8 Å². The third-order valence-electron chi connectivity index (χ3n) is 5.38. The van der Waals surface area contributed by atoms with Gasteiger partial charge in [0.15, 0.2) is 5.76 Å². The van der Waals surface area contributed by atoms with Crippen molar-refractivity contribution < 1.29 is 18.4 Å². The van der Waals surface area contributed by atoms with E-state index in [0.717, 1.165) is 18.6 Å². The van der Waals surface area contributed by atoms with Crippen molar-refractivity contribution in [2.24, 2.45) is 0 Å². The van der Waals surface area contributed by atoms with Crippen LogP contribution in [0.2, 0.25) is 0 Å². The largest absolute Gasteiger partial charge is 0.459 e. The summed E-state index contributed by atoms with van der Waals surface area (Å²) in [7, 11) is 0. The summed E-state index contributed by atoms with van der Waals surface area (Å²) in [6.45, 7) is 1.29. The number of amides is 1. The third kappa shape index (κ3) is 4.21. The van der Waals surface area contributed by atoms with Crippen LogP contribution in [0.1, 0.15) is 35.0 Å². The molecule has 0 aliphatic carbocycles. The number of carbonyl (C=O) groups excluding carboxylic acids is 1. The Kier molecular flexibility index (Phi) is 5.22. The highest BCUT2D eigenvalue weighted by molar-refractivity contribution is 5.94. The second kappa shape index (κ2) is 8.47. The summed E-state index contributed by atoms with van der Waals surface area (Å²) in [5, 5.41) is 8.24. The number of furan rings is 1. The maximum absolute atomic E-state index is 12.9. The fourth-order valence-electron chi connectivity index (χ4n) is 3.70. The number of nitrogens with zero attached hydrogens (tertiary/aromatic N) is 3. The van der Waals surface area contributed by atoms with E-state index < -0.39 is 0 Å². The van der Waals surface area contributed by atoms with Crippen LogP contribution in [-0.2, 0) is 0 Å². The Morgan fingerprint density at radius 3 is 2.35 bits per heavy atom. The Hall–Kier alpha value is -3.87. The molecule has 31 heavy (non-hydrogen) atoms. The highest BCUT2D eigenvalue weighted by Crippen LogP contribution is 2.30. The van der Waals surface area contributed by atoms with E-state index in [2.05, 4.69) is 10.2 Å². The fraction of sp³-hybridized carbons (Fsp3) is 0.208. The van der Waals surface area contributed by atoms with Gasteiger partial charge in [0.2, 0.25) is 5.89 Å². The van der Waals surface area contributed by atoms with Crippen LogP contribution in [0.3, 0.4) is 0 Å². The van der Waals surface area contributed by atoms with Crippen molar-refractivity contribution in [2.75, 3.05) is 13.1 Å². The lowest BCUT2D eigenvalue weighted by molar-refractivity contribution is 0.0706. The molecular weight excluding hydrogens is 394 g/mol. The number of para-hydroxylation sites is 1. The van der Waals surface area contributed by atoms with E-state index in [1.807, 2.05) is 47.4 Å². The molecule has 1 fully saturated rings. The summed E-state index contributed by atoms with van der Waals surface area (Å²) < 4.78 is 16.9. The van der Waals surface area contributed by atoms with E-state index in [0.29, 0.717) is 41.9 Å². The third-order valence-corrected chi connectivity index (χ3v) is 5.38. The van der Waals surface area contributed by atoms with Gasteiger partial charge in [0, 0.05) is 24.6 Å². The standard InChI is InChI=1S/C24H21N3O4/c28-24(18-8-10-20(11-9-18)30-19-5-2-1-3-6-19)27-14-12-17(13-15-27)22-25-26-23(31-22)21-7-4-16-29-21/h1-11,16-17H,12-15H2. The molecule has 0 unspecified atom stereocenters. The lowest BCUT2D eigenvalue weighted by Crippen LogP contribution is -2.38. The zero-order valence-electron chi connectivity index (χ0n) is 16.8. The maximum atomic E-state index is 12.9. The van der Waals surface area contributed by atoms with Crippen molar-refractivity contribution in [1.82, 2.24) is 15.1 Å². The number of benzene rings is 2. The molecule has 2 aromatic heterocycles. The van der Waals surface area contributed by atoms with Crippen LogP contribution >= 0.6 is 0 Å². The van der Waals surface area contributed by atoms with Gasteiger partial charge in [-0.05, 0) is 61.4 Å². The number of ether oxygens (including phenoxy) is 1. The number of aromatic nitrogens is 2. The van der Waals surface area contributed by atoms with Gasteiger partial charge in [0.05, 0.1) is 6.26 Å². The molecule has 0 atom stereocenters. The number of rotatable bonds is 5. The smallest absolute Gasteiger partial charge is 0.283 e. The Morgan fingerprint density at radius 1 is 0.903 bits per heavy atom. The molecule has 7 heteroatoms. The molecule has 4 aromatic rings. The summed E-state index contributed by atoms with van der Waals surface area (Å²) in [5.41, 5.74) is 0.650. The first-order chi connectivity index (χ1) is 15.3. The van der Waals surface area contributed by atoms with Crippen molar-refractivity contribution in [3.05, 3.63) is 84.4 Å². The molecule has 1 aliphatic rings. The fourth-order valence-corrected chi connectivity index (χ4v) is 3.70. The van der Waals surface area contributed by atoms with E-state index in [1.54, 1.807) is 30.5 Å². The molecule has 5 rings (SSSR count). The predicted molar refractivity (Wildman–Crippen MR) is 113 cm³/mol. The minimum absolute atomic E-state index is 0.0199. The molecular formula is C24H21N3O4. The van der Waals surface area contributed by atoms with Crippen molar-refractivity contribution in [1.29, 1.82) is 0 Å². The van der Waals surface area contributed by atoms with Crippen LogP contribution in [0.5, 0.6) is 11.5 Å². The van der Waals surface area contributed by atoms with E-state index in [9.17, 15) is 4.79 Å². The topological polar surface area (TPSA) is 81.6 Å². The van der Waals surface area contributed by atoms with Crippen LogP contribution in [0.4, 0.5) is 0 Å². The molecule has 1 saturated heterocycles. The molecule has 7 nitrogen and oxygen atoms in total. The molecule has 1 aliphatic heterocycles. The average Bonchev–Trinajstić information content (AvgIpc) is 3.52. The van der Waals surface area contributed by atoms with Gasteiger partial charge >= 0.3 is 0 Å². The number of piperidine rings is 1. The Morgan fingerprint density at radius 2 is 1.65 bits per heavy atom. The summed E-state index contributed by atoms with van der Waals surface area (Å²) in [6.07, 6.45) is 3.13. The second-order valence-electron chi connectivity index (χ2n) is 7.43. The van der Waals surface area contributed by atoms with Crippen LogP contribution in [0, 0.1) is 0 Å². The zero-order valence-corrected chi connectivity index (χ0v) is 16.8.